The number of nitrogens with one attached hydrogen (secondary N) is 2. The van der Waals surface area contributed by atoms with Gasteiger partial charge in [0.05, 0.1) is 19.3 Å². The van der Waals surface area contributed by atoms with Crippen molar-refractivity contribution in [1.82, 2.24) is 10.6 Å². The van der Waals surface area contributed by atoms with Gasteiger partial charge in [-0.15, -0.1) is 0 Å². The molecule has 114 valence electrons. The molecule has 0 spiro atoms. The van der Waals surface area contributed by atoms with E-state index in [-0.39, 0.29) is 24.1 Å². The van der Waals surface area contributed by atoms with Gasteiger partial charge < -0.3 is 20.1 Å². The Morgan fingerprint density at radius 3 is 2.90 bits per heavy atom. The third kappa shape index (κ3) is 3.81. The monoisotopic (exact) mass is 290 g/mol. The zero-order valence-electron chi connectivity index (χ0n) is 12.1. The highest BCUT2D eigenvalue weighted by Crippen LogP contribution is 2.28. The molecule has 5 heteroatoms. The zero-order chi connectivity index (χ0) is 14.5. The number of ether oxygens (including phenoxy) is 2. The van der Waals surface area contributed by atoms with Gasteiger partial charge in [0, 0.05) is 25.6 Å². The molecule has 0 bridgehead atoms. The molecule has 1 aromatic rings. The lowest BCUT2D eigenvalue weighted by atomic mass is 10.0. The van der Waals surface area contributed by atoms with E-state index in [9.17, 15) is 4.79 Å². The highest BCUT2D eigenvalue weighted by Gasteiger charge is 2.31. The van der Waals surface area contributed by atoms with Gasteiger partial charge >= 0.3 is 0 Å². The highest BCUT2D eigenvalue weighted by molar-refractivity contribution is 5.77. The van der Waals surface area contributed by atoms with E-state index in [0.717, 1.165) is 25.1 Å². The second-order valence-electron chi connectivity index (χ2n) is 5.59. The van der Waals surface area contributed by atoms with Crippen molar-refractivity contribution in [3.8, 4) is 0 Å². The van der Waals surface area contributed by atoms with Crippen LogP contribution in [0.3, 0.4) is 0 Å². The van der Waals surface area contributed by atoms with Crippen molar-refractivity contribution in [2.45, 2.75) is 31.0 Å². The van der Waals surface area contributed by atoms with Crippen LogP contribution in [0.1, 0.15) is 24.5 Å². The second kappa shape index (κ2) is 7.02. The molecule has 5 nitrogen and oxygen atoms in total. The number of morpholine rings is 1. The molecule has 2 aliphatic heterocycles. The van der Waals surface area contributed by atoms with Gasteiger partial charge in [-0.3, -0.25) is 4.79 Å². The van der Waals surface area contributed by atoms with Gasteiger partial charge in [0.1, 0.15) is 6.10 Å². The van der Waals surface area contributed by atoms with E-state index in [1.165, 1.54) is 0 Å². The van der Waals surface area contributed by atoms with Crippen LogP contribution in [-0.4, -0.2) is 44.4 Å². The number of hydrogen-bond donors (Lipinski definition) is 2. The summed E-state index contributed by atoms with van der Waals surface area (Å²) >= 11 is 0. The van der Waals surface area contributed by atoms with Crippen LogP contribution in [-0.2, 0) is 14.3 Å². The summed E-state index contributed by atoms with van der Waals surface area (Å²) in [6.45, 7) is 2.84. The molecule has 3 rings (SSSR count). The molecule has 0 saturated carbocycles. The van der Waals surface area contributed by atoms with E-state index >= 15 is 0 Å². The molecular formula is C16H22N2O3. The van der Waals surface area contributed by atoms with Crippen LogP contribution in [0.25, 0.3) is 0 Å². The number of benzene rings is 1. The molecule has 2 fully saturated rings. The number of carbonyl (C=O) groups excluding carboxylic acids is 1. The topological polar surface area (TPSA) is 59.6 Å². The van der Waals surface area contributed by atoms with Crippen molar-refractivity contribution in [2.24, 2.45) is 0 Å². The molecule has 21 heavy (non-hydrogen) atoms. The van der Waals surface area contributed by atoms with Crippen LogP contribution in [0.15, 0.2) is 30.3 Å². The van der Waals surface area contributed by atoms with E-state index < -0.39 is 0 Å². The Morgan fingerprint density at radius 2 is 2.14 bits per heavy atom. The summed E-state index contributed by atoms with van der Waals surface area (Å²) in [4.78, 5) is 12.2. The Labute approximate surface area is 125 Å². The molecule has 2 N–H and O–H groups in total. The minimum atomic E-state index is -0.0364. The van der Waals surface area contributed by atoms with E-state index in [4.69, 9.17) is 9.47 Å². The molecular weight excluding hydrogens is 268 g/mol. The summed E-state index contributed by atoms with van der Waals surface area (Å²) in [7, 11) is 0. The lowest BCUT2D eigenvalue weighted by molar-refractivity contribution is -0.123. The van der Waals surface area contributed by atoms with E-state index in [1.54, 1.807) is 0 Å². The number of rotatable bonds is 4. The third-order valence-electron chi connectivity index (χ3n) is 4.00. The first-order chi connectivity index (χ1) is 10.3. The fourth-order valence-electron chi connectivity index (χ4n) is 2.95. The first-order valence-electron chi connectivity index (χ1n) is 7.60. The van der Waals surface area contributed by atoms with E-state index in [2.05, 4.69) is 10.6 Å². The van der Waals surface area contributed by atoms with Crippen molar-refractivity contribution in [3.05, 3.63) is 35.9 Å². The SMILES string of the molecule is O=C(CC1COCCN1)NC1CCOC1c1ccccc1. The van der Waals surface area contributed by atoms with Gasteiger partial charge in [0.25, 0.3) is 0 Å². The molecule has 1 amide bonds. The fourth-order valence-corrected chi connectivity index (χ4v) is 2.95. The first kappa shape index (κ1) is 14.5. The lowest BCUT2D eigenvalue weighted by Gasteiger charge is -2.25. The van der Waals surface area contributed by atoms with Gasteiger partial charge in [0.15, 0.2) is 0 Å². The molecule has 2 saturated heterocycles. The molecule has 2 aliphatic rings. The highest BCUT2D eigenvalue weighted by atomic mass is 16.5. The van der Waals surface area contributed by atoms with Gasteiger partial charge in [-0.05, 0) is 12.0 Å². The molecule has 0 aromatic heterocycles. The molecule has 0 radical (unpaired) electrons. The Morgan fingerprint density at radius 1 is 1.29 bits per heavy atom. The quantitative estimate of drug-likeness (QED) is 0.869. The minimum Gasteiger partial charge on any atom is -0.378 e. The van der Waals surface area contributed by atoms with Gasteiger partial charge in [-0.1, -0.05) is 30.3 Å². The summed E-state index contributed by atoms with van der Waals surface area (Å²) in [6, 6.07) is 10.3. The summed E-state index contributed by atoms with van der Waals surface area (Å²) in [6.07, 6.45) is 1.28. The first-order valence-corrected chi connectivity index (χ1v) is 7.60. The smallest absolute Gasteiger partial charge is 0.221 e. The Kier molecular flexibility index (Phi) is 4.85. The standard InChI is InChI=1S/C16H22N2O3/c19-15(10-13-11-20-9-7-17-13)18-14-6-8-21-16(14)12-4-2-1-3-5-12/h1-5,13-14,16-17H,6-11H2,(H,18,19). The van der Waals surface area contributed by atoms with Crippen LogP contribution < -0.4 is 10.6 Å². The Hall–Kier alpha value is -1.43. The summed E-state index contributed by atoms with van der Waals surface area (Å²) in [5.74, 6) is 0.0643. The predicted octanol–water partition coefficient (Wildman–Crippen LogP) is 1.01. The average molecular weight is 290 g/mol. The Balaban J connectivity index is 1.54. The second-order valence-corrected chi connectivity index (χ2v) is 5.59. The van der Waals surface area contributed by atoms with Crippen molar-refractivity contribution in [1.29, 1.82) is 0 Å². The van der Waals surface area contributed by atoms with Crippen LogP contribution >= 0.6 is 0 Å². The maximum atomic E-state index is 12.2. The molecule has 1 aromatic carbocycles. The van der Waals surface area contributed by atoms with Gasteiger partial charge in [-0.2, -0.15) is 0 Å². The maximum absolute atomic E-state index is 12.2. The summed E-state index contributed by atoms with van der Waals surface area (Å²) < 4.78 is 11.2. The number of hydrogen-bond acceptors (Lipinski definition) is 4. The van der Waals surface area contributed by atoms with E-state index in [0.29, 0.717) is 19.6 Å². The van der Waals surface area contributed by atoms with Crippen molar-refractivity contribution < 1.29 is 14.3 Å². The predicted molar refractivity (Wildman–Crippen MR) is 78.9 cm³/mol. The summed E-state index contributed by atoms with van der Waals surface area (Å²) in [5.41, 5.74) is 1.12. The number of carbonyl (C=O) groups is 1. The Bertz CT molecular complexity index is 460. The van der Waals surface area contributed by atoms with Crippen molar-refractivity contribution >= 4 is 5.91 Å². The van der Waals surface area contributed by atoms with Gasteiger partial charge in [0.2, 0.25) is 5.91 Å². The minimum absolute atomic E-state index is 0.0364. The molecule has 2 heterocycles. The van der Waals surface area contributed by atoms with Crippen molar-refractivity contribution in [2.75, 3.05) is 26.4 Å². The molecule has 3 atom stereocenters. The van der Waals surface area contributed by atoms with Crippen LogP contribution in [0.2, 0.25) is 0 Å². The zero-order valence-corrected chi connectivity index (χ0v) is 12.1. The average Bonchev–Trinajstić information content (AvgIpc) is 2.97. The normalized spacial score (nSPS) is 29.2. The van der Waals surface area contributed by atoms with Crippen molar-refractivity contribution in [3.63, 3.8) is 0 Å². The largest absolute Gasteiger partial charge is 0.378 e. The molecule has 3 unspecified atom stereocenters. The van der Waals surface area contributed by atoms with Crippen LogP contribution in [0.5, 0.6) is 0 Å². The molecule has 0 aliphatic carbocycles. The third-order valence-corrected chi connectivity index (χ3v) is 4.00. The van der Waals surface area contributed by atoms with Gasteiger partial charge in [-0.25, -0.2) is 0 Å². The van der Waals surface area contributed by atoms with Crippen LogP contribution in [0, 0.1) is 0 Å². The lowest BCUT2D eigenvalue weighted by Crippen LogP contribution is -2.46. The van der Waals surface area contributed by atoms with E-state index in [1.807, 2.05) is 30.3 Å². The summed E-state index contributed by atoms with van der Waals surface area (Å²) in [5, 5.41) is 6.42. The fraction of sp³-hybridized carbons (Fsp3) is 0.562. The number of amides is 1. The maximum Gasteiger partial charge on any atom is 0.221 e. The van der Waals surface area contributed by atoms with Crippen LogP contribution in [0.4, 0.5) is 0 Å².